The predicted octanol–water partition coefficient (Wildman–Crippen LogP) is 4.23. The van der Waals surface area contributed by atoms with E-state index in [-0.39, 0.29) is 17.4 Å². The molecule has 1 aliphatic rings. The van der Waals surface area contributed by atoms with Crippen molar-refractivity contribution in [2.75, 3.05) is 24.7 Å². The number of hydrogen-bond donors (Lipinski definition) is 1. The minimum Gasteiger partial charge on any atom is -0.324 e. The Kier molecular flexibility index (Phi) is 6.61. The summed E-state index contributed by atoms with van der Waals surface area (Å²) in [4.78, 5) is 13.5. The highest BCUT2D eigenvalue weighted by Crippen LogP contribution is 2.55. The van der Waals surface area contributed by atoms with Crippen LogP contribution in [-0.2, 0) is 14.8 Å². The van der Waals surface area contributed by atoms with E-state index < -0.39 is 20.3 Å². The molecule has 0 spiro atoms. The topological polar surface area (TPSA) is 66.5 Å². The van der Waals surface area contributed by atoms with Gasteiger partial charge in [-0.3, -0.25) is 4.79 Å². The highest BCUT2D eigenvalue weighted by atomic mass is 35.5. The molecule has 1 atom stereocenters. The first-order valence-corrected chi connectivity index (χ1v) is 11.8. The summed E-state index contributed by atoms with van der Waals surface area (Å²) in [6.07, 6.45) is 0.764. The van der Waals surface area contributed by atoms with Gasteiger partial charge in [-0.15, -0.1) is 35.0 Å². The van der Waals surface area contributed by atoms with Gasteiger partial charge in [-0.25, -0.2) is 8.42 Å². The summed E-state index contributed by atoms with van der Waals surface area (Å²) in [5, 5.41) is 2.80. The Morgan fingerprint density at radius 1 is 1.18 bits per heavy atom. The SMILES string of the molecule is CN(CC(=O)Nc1ccccc1SC[C@@H]1CC1(Cl)Cl)S(=O)(=O)c1ccccc1. The maximum Gasteiger partial charge on any atom is 0.243 e. The van der Waals surface area contributed by atoms with Crippen molar-refractivity contribution in [2.45, 2.75) is 20.5 Å². The molecule has 0 heterocycles. The number of amides is 1. The molecule has 1 N–H and O–H groups in total. The van der Waals surface area contributed by atoms with Crippen LogP contribution in [0.1, 0.15) is 6.42 Å². The fraction of sp³-hybridized carbons (Fsp3) is 0.316. The Balaban J connectivity index is 1.62. The predicted molar refractivity (Wildman–Crippen MR) is 115 cm³/mol. The summed E-state index contributed by atoms with van der Waals surface area (Å²) in [6, 6.07) is 15.4. The molecule has 1 saturated carbocycles. The second-order valence-electron chi connectivity index (χ2n) is 6.59. The molecule has 9 heteroatoms. The highest BCUT2D eigenvalue weighted by molar-refractivity contribution is 7.99. The summed E-state index contributed by atoms with van der Waals surface area (Å²) < 4.78 is 25.5. The Morgan fingerprint density at radius 2 is 1.79 bits per heavy atom. The number of hydrogen-bond acceptors (Lipinski definition) is 4. The lowest BCUT2D eigenvalue weighted by Crippen LogP contribution is -2.35. The Morgan fingerprint density at radius 3 is 2.43 bits per heavy atom. The quantitative estimate of drug-likeness (QED) is 0.474. The molecule has 0 aromatic heterocycles. The number of halogens is 2. The van der Waals surface area contributed by atoms with Crippen LogP contribution in [0.2, 0.25) is 0 Å². The Labute approximate surface area is 179 Å². The van der Waals surface area contributed by atoms with Gasteiger partial charge in [0, 0.05) is 23.6 Å². The van der Waals surface area contributed by atoms with Crippen molar-refractivity contribution in [1.29, 1.82) is 0 Å². The van der Waals surface area contributed by atoms with Crippen molar-refractivity contribution in [3.8, 4) is 0 Å². The van der Waals surface area contributed by atoms with Gasteiger partial charge >= 0.3 is 0 Å². The molecule has 28 heavy (non-hydrogen) atoms. The monoisotopic (exact) mass is 458 g/mol. The summed E-state index contributed by atoms with van der Waals surface area (Å²) in [6.45, 7) is -0.286. The zero-order chi connectivity index (χ0) is 20.4. The van der Waals surface area contributed by atoms with Crippen LogP contribution in [0, 0.1) is 5.92 Å². The highest BCUT2D eigenvalue weighted by Gasteiger charge is 2.51. The van der Waals surface area contributed by atoms with Crippen LogP contribution in [-0.4, -0.2) is 42.3 Å². The number of sulfonamides is 1. The van der Waals surface area contributed by atoms with Gasteiger partial charge in [0.15, 0.2) is 0 Å². The average Bonchev–Trinajstić information content (AvgIpc) is 3.28. The van der Waals surface area contributed by atoms with Crippen LogP contribution in [0.15, 0.2) is 64.4 Å². The van der Waals surface area contributed by atoms with Crippen LogP contribution < -0.4 is 5.32 Å². The molecule has 0 bridgehead atoms. The fourth-order valence-corrected chi connectivity index (χ4v) is 5.68. The van der Waals surface area contributed by atoms with E-state index in [0.29, 0.717) is 5.69 Å². The summed E-state index contributed by atoms with van der Waals surface area (Å²) in [7, 11) is -2.34. The smallest absolute Gasteiger partial charge is 0.243 e. The zero-order valence-corrected chi connectivity index (χ0v) is 18.3. The number of nitrogens with one attached hydrogen (secondary N) is 1. The lowest BCUT2D eigenvalue weighted by molar-refractivity contribution is -0.116. The van der Waals surface area contributed by atoms with E-state index in [9.17, 15) is 13.2 Å². The lowest BCUT2D eigenvalue weighted by Gasteiger charge is -2.17. The third kappa shape index (κ3) is 5.21. The van der Waals surface area contributed by atoms with Crippen molar-refractivity contribution < 1.29 is 13.2 Å². The first-order valence-electron chi connectivity index (χ1n) is 8.61. The van der Waals surface area contributed by atoms with Gasteiger partial charge in [-0.2, -0.15) is 4.31 Å². The zero-order valence-electron chi connectivity index (χ0n) is 15.1. The van der Waals surface area contributed by atoms with Crippen LogP contribution in [0.3, 0.4) is 0 Å². The Bertz CT molecular complexity index is 953. The summed E-state index contributed by atoms with van der Waals surface area (Å²) >= 11 is 13.7. The molecule has 2 aromatic rings. The van der Waals surface area contributed by atoms with Crippen molar-refractivity contribution in [3.05, 3.63) is 54.6 Å². The molecule has 1 fully saturated rings. The first-order chi connectivity index (χ1) is 13.2. The second-order valence-corrected chi connectivity index (χ2v) is 11.2. The molecule has 150 valence electrons. The number of thioether (sulfide) groups is 1. The number of anilines is 1. The number of nitrogens with zero attached hydrogens (tertiary/aromatic N) is 1. The maximum absolute atomic E-state index is 12.5. The number of alkyl halides is 2. The molecular weight excluding hydrogens is 439 g/mol. The average molecular weight is 459 g/mol. The second kappa shape index (κ2) is 8.63. The van der Waals surface area contributed by atoms with Gasteiger partial charge in [-0.05, 0) is 30.7 Å². The third-order valence-electron chi connectivity index (χ3n) is 4.37. The fourth-order valence-electron chi connectivity index (χ4n) is 2.59. The molecule has 1 amide bonds. The minimum atomic E-state index is -3.72. The lowest BCUT2D eigenvalue weighted by atomic mass is 10.3. The van der Waals surface area contributed by atoms with Crippen molar-refractivity contribution in [1.82, 2.24) is 4.31 Å². The van der Waals surface area contributed by atoms with Crippen LogP contribution in [0.25, 0.3) is 0 Å². The molecule has 0 aliphatic heterocycles. The summed E-state index contributed by atoms with van der Waals surface area (Å²) in [5.41, 5.74) is 0.637. The largest absolute Gasteiger partial charge is 0.324 e. The first kappa shape index (κ1) is 21.5. The molecule has 5 nitrogen and oxygen atoms in total. The number of likely N-dealkylation sites (N-methyl/N-ethyl adjacent to an activating group) is 1. The van der Waals surface area contributed by atoms with Crippen molar-refractivity contribution in [2.24, 2.45) is 5.92 Å². The molecule has 1 aliphatic carbocycles. The number of carbonyl (C=O) groups is 1. The van der Waals surface area contributed by atoms with Crippen molar-refractivity contribution >= 4 is 56.6 Å². The van der Waals surface area contributed by atoms with Gasteiger partial charge in [0.25, 0.3) is 0 Å². The minimum absolute atomic E-state index is 0.149. The van der Waals surface area contributed by atoms with Crippen LogP contribution >= 0.6 is 35.0 Å². The molecule has 0 saturated heterocycles. The maximum atomic E-state index is 12.5. The third-order valence-corrected chi connectivity index (χ3v) is 8.35. The number of para-hydroxylation sites is 1. The molecule has 0 radical (unpaired) electrons. The number of rotatable bonds is 8. The van der Waals surface area contributed by atoms with E-state index in [1.165, 1.54) is 19.2 Å². The van der Waals surface area contributed by atoms with E-state index in [1.54, 1.807) is 36.0 Å². The van der Waals surface area contributed by atoms with E-state index in [2.05, 4.69) is 5.32 Å². The van der Waals surface area contributed by atoms with Gasteiger partial charge in [0.1, 0.15) is 4.33 Å². The molecule has 2 aromatic carbocycles. The molecule has 3 rings (SSSR count). The summed E-state index contributed by atoms with van der Waals surface area (Å²) in [5.74, 6) is 0.569. The molecule has 0 unspecified atom stereocenters. The van der Waals surface area contributed by atoms with E-state index in [1.807, 2.05) is 18.2 Å². The Hall–Kier alpha value is -1.25. The van der Waals surface area contributed by atoms with Crippen LogP contribution in [0.4, 0.5) is 5.69 Å². The number of benzene rings is 2. The van der Waals surface area contributed by atoms with E-state index in [4.69, 9.17) is 23.2 Å². The normalized spacial score (nSPS) is 18.1. The van der Waals surface area contributed by atoms with Crippen molar-refractivity contribution in [3.63, 3.8) is 0 Å². The van der Waals surface area contributed by atoms with Gasteiger partial charge < -0.3 is 5.32 Å². The van der Waals surface area contributed by atoms with E-state index in [0.717, 1.165) is 21.4 Å². The van der Waals surface area contributed by atoms with E-state index >= 15 is 0 Å². The van der Waals surface area contributed by atoms with Crippen LogP contribution in [0.5, 0.6) is 0 Å². The van der Waals surface area contributed by atoms with Gasteiger partial charge in [0.05, 0.1) is 17.1 Å². The molecular formula is C19H20Cl2N2O3S2. The van der Waals surface area contributed by atoms with Gasteiger partial charge in [0.2, 0.25) is 15.9 Å². The standard InChI is InChI=1S/C19H20Cl2N2O3S2/c1-23(28(25,26)15-7-3-2-4-8-15)12-18(24)22-16-9-5-6-10-17(16)27-13-14-11-19(14,20)21/h2-10,14H,11-13H2,1H3,(H,22,24)/t14-/m0/s1. The van der Waals surface area contributed by atoms with Gasteiger partial charge in [-0.1, -0.05) is 30.3 Å². The number of carbonyl (C=O) groups excluding carboxylic acids is 1.